The van der Waals surface area contributed by atoms with Gasteiger partial charge in [-0.3, -0.25) is 9.59 Å². The van der Waals surface area contributed by atoms with Gasteiger partial charge < -0.3 is 15.0 Å². The standard InChI is InChI=1S/C23H29ClN2O3/c1-17(2)25-23(28)18(3)26(16-19-9-7-10-20(24)15-19)22(27)13-8-14-29-21-11-5-4-6-12-21/h4-7,9-12,15,17-18H,8,13-14,16H2,1-3H3,(H,25,28)/t18-/m0/s1. The highest BCUT2D eigenvalue weighted by molar-refractivity contribution is 6.30. The highest BCUT2D eigenvalue weighted by Crippen LogP contribution is 2.16. The van der Waals surface area contributed by atoms with Gasteiger partial charge in [0.1, 0.15) is 11.8 Å². The second-order valence-corrected chi connectivity index (χ2v) is 7.69. The zero-order chi connectivity index (χ0) is 21.2. The third-order valence-corrected chi connectivity index (χ3v) is 4.62. The van der Waals surface area contributed by atoms with Gasteiger partial charge in [-0.15, -0.1) is 0 Å². The molecule has 0 heterocycles. The molecule has 0 spiro atoms. The molecule has 0 fully saturated rings. The number of halogens is 1. The SMILES string of the molecule is CC(C)NC(=O)[C@H](C)N(Cc1cccc(Cl)c1)C(=O)CCCOc1ccccc1. The molecule has 2 amide bonds. The Labute approximate surface area is 178 Å². The maximum absolute atomic E-state index is 12.9. The lowest BCUT2D eigenvalue weighted by Crippen LogP contribution is -2.49. The monoisotopic (exact) mass is 416 g/mol. The number of para-hydroxylation sites is 1. The predicted octanol–water partition coefficient (Wildman–Crippen LogP) is 4.44. The molecule has 0 aliphatic carbocycles. The number of amides is 2. The number of ether oxygens (including phenoxy) is 1. The van der Waals surface area contributed by atoms with Crippen LogP contribution in [-0.2, 0) is 16.1 Å². The van der Waals surface area contributed by atoms with Crippen molar-refractivity contribution in [3.05, 3.63) is 65.2 Å². The fraction of sp³-hybridized carbons (Fsp3) is 0.391. The number of hydrogen-bond donors (Lipinski definition) is 1. The third-order valence-electron chi connectivity index (χ3n) is 4.39. The molecule has 0 bridgehead atoms. The Morgan fingerprint density at radius 2 is 1.79 bits per heavy atom. The van der Waals surface area contributed by atoms with Gasteiger partial charge in [-0.05, 0) is 57.0 Å². The molecule has 0 aromatic heterocycles. The van der Waals surface area contributed by atoms with E-state index >= 15 is 0 Å². The Balaban J connectivity index is 2.00. The molecule has 0 radical (unpaired) electrons. The van der Waals surface area contributed by atoms with E-state index in [4.69, 9.17) is 16.3 Å². The fourth-order valence-corrected chi connectivity index (χ4v) is 3.11. The van der Waals surface area contributed by atoms with Crippen LogP contribution in [0.25, 0.3) is 0 Å². The summed E-state index contributed by atoms with van der Waals surface area (Å²) in [7, 11) is 0. The van der Waals surface area contributed by atoms with E-state index in [0.717, 1.165) is 11.3 Å². The number of rotatable bonds is 10. The Bertz CT molecular complexity index is 796. The predicted molar refractivity (Wildman–Crippen MR) is 116 cm³/mol. The van der Waals surface area contributed by atoms with Crippen molar-refractivity contribution < 1.29 is 14.3 Å². The normalized spacial score (nSPS) is 11.8. The molecular formula is C23H29ClN2O3. The Kier molecular flexibility index (Phi) is 9.00. The van der Waals surface area contributed by atoms with Crippen LogP contribution in [0.1, 0.15) is 39.2 Å². The van der Waals surface area contributed by atoms with Crippen molar-refractivity contribution in [1.29, 1.82) is 0 Å². The summed E-state index contributed by atoms with van der Waals surface area (Å²) >= 11 is 6.08. The summed E-state index contributed by atoms with van der Waals surface area (Å²) in [5, 5.41) is 3.48. The molecule has 2 aromatic carbocycles. The smallest absolute Gasteiger partial charge is 0.242 e. The van der Waals surface area contributed by atoms with Crippen molar-refractivity contribution in [2.45, 2.75) is 52.2 Å². The van der Waals surface area contributed by atoms with Gasteiger partial charge in [-0.2, -0.15) is 0 Å². The second kappa shape index (κ2) is 11.5. The lowest BCUT2D eigenvalue weighted by molar-refractivity contribution is -0.141. The summed E-state index contributed by atoms with van der Waals surface area (Å²) in [6.45, 7) is 6.31. The van der Waals surface area contributed by atoms with Crippen molar-refractivity contribution in [1.82, 2.24) is 10.2 Å². The van der Waals surface area contributed by atoms with Crippen molar-refractivity contribution in [3.8, 4) is 5.75 Å². The maximum Gasteiger partial charge on any atom is 0.242 e. The van der Waals surface area contributed by atoms with Gasteiger partial charge in [-0.1, -0.05) is 41.9 Å². The zero-order valence-electron chi connectivity index (χ0n) is 17.2. The van der Waals surface area contributed by atoms with Gasteiger partial charge >= 0.3 is 0 Å². The van der Waals surface area contributed by atoms with Gasteiger partial charge in [-0.25, -0.2) is 0 Å². The Morgan fingerprint density at radius 3 is 2.45 bits per heavy atom. The molecule has 0 aliphatic heterocycles. The van der Waals surface area contributed by atoms with Crippen molar-refractivity contribution >= 4 is 23.4 Å². The Morgan fingerprint density at radius 1 is 1.07 bits per heavy atom. The van der Waals surface area contributed by atoms with Gasteiger partial charge in [0.25, 0.3) is 0 Å². The van der Waals surface area contributed by atoms with Crippen molar-refractivity contribution in [2.75, 3.05) is 6.61 Å². The van der Waals surface area contributed by atoms with E-state index in [-0.39, 0.29) is 17.9 Å². The van der Waals surface area contributed by atoms with Gasteiger partial charge in [0, 0.05) is 24.0 Å². The molecule has 0 aliphatic rings. The van der Waals surface area contributed by atoms with Crippen LogP contribution in [0.3, 0.4) is 0 Å². The van der Waals surface area contributed by atoms with E-state index in [1.165, 1.54) is 0 Å². The molecule has 6 heteroatoms. The van der Waals surface area contributed by atoms with Crippen LogP contribution in [0.15, 0.2) is 54.6 Å². The van der Waals surface area contributed by atoms with Gasteiger partial charge in [0.15, 0.2) is 0 Å². The van der Waals surface area contributed by atoms with Gasteiger partial charge in [0.2, 0.25) is 11.8 Å². The fourth-order valence-electron chi connectivity index (χ4n) is 2.89. The van der Waals surface area contributed by atoms with Crippen LogP contribution in [0, 0.1) is 0 Å². The first kappa shape index (κ1) is 22.8. The molecular weight excluding hydrogens is 388 g/mol. The minimum atomic E-state index is -0.584. The van der Waals surface area contributed by atoms with E-state index in [1.807, 2.05) is 62.4 Å². The minimum absolute atomic E-state index is 0.00680. The number of benzene rings is 2. The number of nitrogens with zero attached hydrogens (tertiary/aromatic N) is 1. The minimum Gasteiger partial charge on any atom is -0.494 e. The number of carbonyl (C=O) groups is 2. The van der Waals surface area contributed by atoms with Crippen LogP contribution in [0.5, 0.6) is 5.75 Å². The van der Waals surface area contributed by atoms with Crippen molar-refractivity contribution in [3.63, 3.8) is 0 Å². The summed E-state index contributed by atoms with van der Waals surface area (Å²) in [6.07, 6.45) is 0.866. The number of hydrogen-bond acceptors (Lipinski definition) is 3. The number of nitrogens with one attached hydrogen (secondary N) is 1. The average Bonchev–Trinajstić information content (AvgIpc) is 2.69. The summed E-state index contributed by atoms with van der Waals surface area (Å²) in [6, 6.07) is 16.3. The molecule has 2 rings (SSSR count). The topological polar surface area (TPSA) is 58.6 Å². The van der Waals surface area contributed by atoms with E-state index in [0.29, 0.717) is 31.0 Å². The summed E-state index contributed by atoms with van der Waals surface area (Å²) < 4.78 is 5.66. The van der Waals surface area contributed by atoms with Crippen LogP contribution in [-0.4, -0.2) is 35.4 Å². The van der Waals surface area contributed by atoms with Gasteiger partial charge in [0.05, 0.1) is 6.61 Å². The molecule has 0 saturated carbocycles. The molecule has 156 valence electrons. The first-order valence-corrected chi connectivity index (χ1v) is 10.3. The second-order valence-electron chi connectivity index (χ2n) is 7.26. The van der Waals surface area contributed by atoms with E-state index in [1.54, 1.807) is 17.9 Å². The molecule has 1 N–H and O–H groups in total. The molecule has 29 heavy (non-hydrogen) atoms. The largest absolute Gasteiger partial charge is 0.494 e. The van der Waals surface area contributed by atoms with Crippen molar-refractivity contribution in [2.24, 2.45) is 0 Å². The Hall–Kier alpha value is -2.53. The van der Waals surface area contributed by atoms with E-state index in [9.17, 15) is 9.59 Å². The molecule has 2 aromatic rings. The number of carbonyl (C=O) groups excluding carboxylic acids is 2. The van der Waals surface area contributed by atoms with Crippen LogP contribution < -0.4 is 10.1 Å². The van der Waals surface area contributed by atoms with Crippen LogP contribution >= 0.6 is 11.6 Å². The summed E-state index contributed by atoms with van der Waals surface area (Å²) in [5.41, 5.74) is 0.885. The first-order chi connectivity index (χ1) is 13.9. The lowest BCUT2D eigenvalue weighted by Gasteiger charge is -2.29. The zero-order valence-corrected chi connectivity index (χ0v) is 18.0. The van der Waals surface area contributed by atoms with Crippen LogP contribution in [0.4, 0.5) is 0 Å². The first-order valence-electron chi connectivity index (χ1n) is 9.89. The maximum atomic E-state index is 12.9. The average molecular weight is 417 g/mol. The highest BCUT2D eigenvalue weighted by atomic mass is 35.5. The summed E-state index contributed by atoms with van der Waals surface area (Å²) in [5.74, 6) is 0.518. The molecule has 0 unspecified atom stereocenters. The van der Waals surface area contributed by atoms with Crippen LogP contribution in [0.2, 0.25) is 5.02 Å². The van der Waals surface area contributed by atoms with E-state index in [2.05, 4.69) is 5.32 Å². The molecule has 1 atom stereocenters. The summed E-state index contributed by atoms with van der Waals surface area (Å²) in [4.78, 5) is 27.1. The molecule has 0 saturated heterocycles. The quantitative estimate of drug-likeness (QED) is 0.582. The van der Waals surface area contributed by atoms with E-state index < -0.39 is 6.04 Å². The lowest BCUT2D eigenvalue weighted by atomic mass is 10.1. The molecule has 5 nitrogen and oxygen atoms in total. The highest BCUT2D eigenvalue weighted by Gasteiger charge is 2.26. The third kappa shape index (κ3) is 7.78.